The average Bonchev–Trinajstić information content (AvgIpc) is 2.44. The highest BCUT2D eigenvalue weighted by Gasteiger charge is 2.50. The van der Waals surface area contributed by atoms with Gasteiger partial charge in [-0.25, -0.2) is 0 Å². The first-order chi connectivity index (χ1) is 8.91. The minimum Gasteiger partial charge on any atom is -0.497 e. The van der Waals surface area contributed by atoms with Crippen molar-refractivity contribution in [3.8, 4) is 0 Å². The van der Waals surface area contributed by atoms with Crippen molar-refractivity contribution in [2.75, 3.05) is 13.2 Å². The zero-order valence-corrected chi connectivity index (χ0v) is 10.6. The first-order valence-corrected chi connectivity index (χ1v) is 5.87. The van der Waals surface area contributed by atoms with Crippen molar-refractivity contribution in [2.45, 2.75) is 37.1 Å². The maximum Gasteiger partial charge on any atom is 0.186 e. The minimum atomic E-state index is -1.93. The van der Waals surface area contributed by atoms with Crippen LogP contribution in [0.1, 0.15) is 6.92 Å². The molecule has 2 aliphatic rings. The Balaban J connectivity index is 0.000000250. The minimum absolute atomic E-state index is 0.536. The Morgan fingerprint density at radius 3 is 2.32 bits per heavy atom. The highest BCUT2D eigenvalue weighted by Crippen LogP contribution is 2.27. The summed E-state index contributed by atoms with van der Waals surface area (Å²) in [5, 5.41) is 45.9. The van der Waals surface area contributed by atoms with Gasteiger partial charge in [-0.3, -0.25) is 0 Å². The lowest BCUT2D eigenvalue weighted by molar-refractivity contribution is -0.323. The molecule has 7 heteroatoms. The Morgan fingerprint density at radius 1 is 1.26 bits per heavy atom. The predicted octanol–water partition coefficient (Wildman–Crippen LogP) is -1.74. The van der Waals surface area contributed by atoms with Gasteiger partial charge in [-0.05, 0) is 19.1 Å². The molecule has 0 aromatic carbocycles. The van der Waals surface area contributed by atoms with Gasteiger partial charge >= 0.3 is 0 Å². The van der Waals surface area contributed by atoms with Crippen LogP contribution in [0.4, 0.5) is 0 Å². The van der Waals surface area contributed by atoms with E-state index in [9.17, 15) is 20.4 Å². The van der Waals surface area contributed by atoms with Crippen molar-refractivity contribution in [2.24, 2.45) is 0 Å². The smallest absolute Gasteiger partial charge is 0.186 e. The third-order valence-electron chi connectivity index (χ3n) is 2.90. The van der Waals surface area contributed by atoms with Gasteiger partial charge in [-0.15, -0.1) is 0 Å². The van der Waals surface area contributed by atoms with Crippen LogP contribution in [0.3, 0.4) is 0 Å². The first kappa shape index (κ1) is 16.1. The molecule has 1 fully saturated rings. The summed E-state index contributed by atoms with van der Waals surface area (Å²) in [6.45, 7) is 1.33. The van der Waals surface area contributed by atoms with Gasteiger partial charge < -0.3 is 35.0 Å². The lowest BCUT2D eigenvalue weighted by Crippen LogP contribution is -2.65. The Labute approximate surface area is 111 Å². The maximum atomic E-state index is 9.43. The second kappa shape index (κ2) is 6.99. The number of hydrogen-bond donors (Lipinski definition) is 5. The van der Waals surface area contributed by atoms with E-state index in [4.69, 9.17) is 9.84 Å². The van der Waals surface area contributed by atoms with Crippen molar-refractivity contribution < 1.29 is 35.0 Å². The molecule has 0 radical (unpaired) electrons. The van der Waals surface area contributed by atoms with E-state index in [1.165, 1.54) is 0 Å². The lowest BCUT2D eigenvalue weighted by atomic mass is 9.88. The van der Waals surface area contributed by atoms with Crippen LogP contribution in [0.5, 0.6) is 0 Å². The summed E-state index contributed by atoms with van der Waals surface area (Å²) in [5.41, 5.74) is -1.93. The first-order valence-electron chi connectivity index (χ1n) is 5.87. The van der Waals surface area contributed by atoms with E-state index >= 15 is 0 Å². The van der Waals surface area contributed by atoms with Gasteiger partial charge in [-0.1, -0.05) is 6.08 Å². The highest BCUT2D eigenvalue weighted by molar-refractivity contribution is 5.03. The van der Waals surface area contributed by atoms with E-state index in [1.54, 1.807) is 6.26 Å². The molecule has 5 N–H and O–H groups in total. The largest absolute Gasteiger partial charge is 0.497 e. The van der Waals surface area contributed by atoms with Crippen molar-refractivity contribution in [3.63, 3.8) is 0 Å². The van der Waals surface area contributed by atoms with Crippen LogP contribution >= 0.6 is 0 Å². The van der Waals surface area contributed by atoms with E-state index in [-0.39, 0.29) is 0 Å². The molecule has 0 spiro atoms. The number of aliphatic hydroxyl groups is 5. The van der Waals surface area contributed by atoms with Crippen LogP contribution in [0.15, 0.2) is 24.5 Å². The predicted molar refractivity (Wildman–Crippen MR) is 64.8 cm³/mol. The second-order valence-corrected chi connectivity index (χ2v) is 4.46. The quantitative estimate of drug-likeness (QED) is 0.385. The molecule has 2 heterocycles. The van der Waals surface area contributed by atoms with Gasteiger partial charge in [0.05, 0.1) is 12.9 Å². The van der Waals surface area contributed by atoms with E-state index in [0.29, 0.717) is 0 Å². The molecule has 110 valence electrons. The van der Waals surface area contributed by atoms with Crippen LogP contribution in [-0.4, -0.2) is 68.9 Å². The van der Waals surface area contributed by atoms with Crippen LogP contribution in [0.2, 0.25) is 0 Å². The molecule has 0 amide bonds. The molecule has 0 aromatic rings. The fourth-order valence-corrected chi connectivity index (χ4v) is 1.58. The average molecular weight is 276 g/mol. The molecule has 5 atom stereocenters. The molecule has 0 bridgehead atoms. The topological polar surface area (TPSA) is 120 Å². The molecule has 0 aromatic heterocycles. The van der Waals surface area contributed by atoms with Gasteiger partial charge in [-0.2, -0.15) is 0 Å². The summed E-state index contributed by atoms with van der Waals surface area (Å²) in [5.74, 6) is 0. The fraction of sp³-hybridized carbons (Fsp3) is 0.667. The maximum absolute atomic E-state index is 9.43. The number of aliphatic hydroxyl groups excluding tert-OH is 4. The normalized spacial score (nSPS) is 41.2. The summed E-state index contributed by atoms with van der Waals surface area (Å²) in [6.07, 6.45) is 1.80. The van der Waals surface area contributed by atoms with E-state index < -0.39 is 36.8 Å². The third kappa shape index (κ3) is 4.00. The molecule has 2 rings (SSSR count). The van der Waals surface area contributed by atoms with Gasteiger partial charge in [0.15, 0.2) is 6.29 Å². The Bertz CT molecular complexity index is 314. The Morgan fingerprint density at radius 2 is 1.95 bits per heavy atom. The van der Waals surface area contributed by atoms with Crippen LogP contribution in [0.25, 0.3) is 0 Å². The number of rotatable bonds is 1. The van der Waals surface area contributed by atoms with Crippen molar-refractivity contribution in [3.05, 3.63) is 24.5 Å². The fourth-order valence-electron chi connectivity index (χ4n) is 1.58. The summed E-state index contributed by atoms with van der Waals surface area (Å²) >= 11 is 0. The standard InChI is InChI=1S/C7H14O6.C5H6O/c1-7(12)5(10)4(9)3(2-8)13-6(7)11;1-2-4-6-5-3-1/h3-6,8-12H,2H2,1H3;1-4H,5H2/t3-,4-,5+,6+,7-;/m1./s1. The van der Waals surface area contributed by atoms with Crippen LogP contribution in [-0.2, 0) is 9.47 Å². The van der Waals surface area contributed by atoms with Crippen molar-refractivity contribution in [1.82, 2.24) is 0 Å². The molecule has 0 unspecified atom stereocenters. The van der Waals surface area contributed by atoms with Gasteiger partial charge in [0.2, 0.25) is 0 Å². The number of hydrogen-bond acceptors (Lipinski definition) is 7. The Kier molecular flexibility index (Phi) is 5.92. The summed E-state index contributed by atoms with van der Waals surface area (Å²) < 4.78 is 9.48. The van der Waals surface area contributed by atoms with Gasteiger partial charge in [0.1, 0.15) is 30.5 Å². The number of ether oxygens (including phenoxy) is 2. The van der Waals surface area contributed by atoms with Gasteiger partial charge in [0, 0.05) is 0 Å². The molecule has 7 nitrogen and oxygen atoms in total. The molecular weight excluding hydrogens is 256 g/mol. The van der Waals surface area contributed by atoms with E-state index in [1.807, 2.05) is 18.2 Å². The molecule has 1 saturated heterocycles. The summed E-state index contributed by atoms with van der Waals surface area (Å²) in [4.78, 5) is 0. The van der Waals surface area contributed by atoms with Gasteiger partial charge in [0.25, 0.3) is 0 Å². The summed E-state index contributed by atoms with van der Waals surface area (Å²) in [7, 11) is 0. The Hall–Kier alpha value is -0.960. The molecule has 0 saturated carbocycles. The van der Waals surface area contributed by atoms with E-state index in [2.05, 4.69) is 4.74 Å². The molecule has 0 aliphatic carbocycles. The molecular formula is C12H20O7. The van der Waals surface area contributed by atoms with Crippen LogP contribution in [0, 0.1) is 0 Å². The summed E-state index contributed by atoms with van der Waals surface area (Å²) in [6, 6.07) is 0. The zero-order chi connectivity index (χ0) is 14.5. The van der Waals surface area contributed by atoms with Crippen molar-refractivity contribution >= 4 is 0 Å². The zero-order valence-electron chi connectivity index (χ0n) is 10.6. The van der Waals surface area contributed by atoms with Crippen LogP contribution < -0.4 is 0 Å². The number of allylic oxidation sites excluding steroid dienone is 2. The monoisotopic (exact) mass is 276 g/mol. The highest BCUT2D eigenvalue weighted by atomic mass is 16.6. The lowest BCUT2D eigenvalue weighted by Gasteiger charge is -2.43. The SMILES string of the molecule is C1=CCOC=C1.C[C@]1(O)[C@@H](O)O[C@H](CO)[C@@H](O)[C@@H]1O. The molecule has 2 aliphatic heterocycles. The van der Waals surface area contributed by atoms with E-state index in [0.717, 1.165) is 13.5 Å². The van der Waals surface area contributed by atoms with Crippen molar-refractivity contribution in [1.29, 1.82) is 0 Å². The molecule has 19 heavy (non-hydrogen) atoms. The third-order valence-corrected chi connectivity index (χ3v) is 2.90. The second-order valence-electron chi connectivity index (χ2n) is 4.46.